The second-order valence-electron chi connectivity index (χ2n) is 3.76. The topological polar surface area (TPSA) is 87.8 Å². The zero-order valence-corrected chi connectivity index (χ0v) is 10.0. The molecule has 0 spiro atoms. The molecule has 0 aliphatic heterocycles. The molecule has 17 heavy (non-hydrogen) atoms. The smallest absolute Gasteiger partial charge is 0.183 e. The molecule has 1 aromatic heterocycles. The van der Waals surface area contributed by atoms with E-state index in [1.165, 1.54) is 18.1 Å². The van der Waals surface area contributed by atoms with Gasteiger partial charge in [-0.2, -0.15) is 5.10 Å². The van der Waals surface area contributed by atoms with Crippen molar-refractivity contribution in [1.29, 1.82) is 0 Å². The van der Waals surface area contributed by atoms with Crippen molar-refractivity contribution in [2.45, 2.75) is 10.7 Å². The van der Waals surface area contributed by atoms with Crippen molar-refractivity contribution >= 4 is 11.8 Å². The third kappa shape index (κ3) is 2.85. The molecule has 1 atom stereocenters. The number of aromatic nitrogens is 3. The normalized spacial score (nSPS) is 14.5. The lowest BCUT2D eigenvalue weighted by Gasteiger charge is -2.26. The summed E-state index contributed by atoms with van der Waals surface area (Å²) in [6.45, 7) is -0.113. The zero-order valence-electron chi connectivity index (χ0n) is 9.21. The summed E-state index contributed by atoms with van der Waals surface area (Å²) in [5.41, 5.74) is 6.35. The van der Waals surface area contributed by atoms with Gasteiger partial charge in [-0.15, -0.1) is 0 Å². The number of nitrogens with one attached hydrogen (secondary N) is 1. The van der Waals surface area contributed by atoms with E-state index in [0.717, 1.165) is 5.56 Å². The van der Waals surface area contributed by atoms with Crippen LogP contribution in [0.25, 0.3) is 0 Å². The van der Waals surface area contributed by atoms with Crippen LogP contribution in [0.4, 0.5) is 0 Å². The molecule has 0 amide bonds. The molecule has 1 aromatic carbocycles. The second kappa shape index (κ2) is 5.31. The number of thioether (sulfide) groups is 1. The third-order valence-electron chi connectivity index (χ3n) is 2.49. The summed E-state index contributed by atoms with van der Waals surface area (Å²) in [4.78, 5) is 4.01. The Morgan fingerprint density at radius 1 is 1.35 bits per heavy atom. The molecule has 0 aliphatic carbocycles. The van der Waals surface area contributed by atoms with E-state index in [0.29, 0.717) is 10.9 Å². The van der Waals surface area contributed by atoms with Gasteiger partial charge >= 0.3 is 0 Å². The lowest BCUT2D eigenvalue weighted by atomic mass is 9.94. The van der Waals surface area contributed by atoms with Crippen LogP contribution in [-0.2, 0) is 5.54 Å². The van der Waals surface area contributed by atoms with E-state index in [9.17, 15) is 5.11 Å². The first kappa shape index (κ1) is 12.1. The molecular weight excluding hydrogens is 236 g/mol. The standard InChI is InChI=1S/C11H14N4OS/c12-11(6-16,9-4-2-1-3-5-9)7-17-10-13-8-14-15-10/h1-5,8,16H,6-7,12H2,(H,13,14,15). The van der Waals surface area contributed by atoms with Gasteiger partial charge in [-0.25, -0.2) is 4.98 Å². The maximum absolute atomic E-state index is 9.48. The molecule has 90 valence electrons. The Hall–Kier alpha value is -1.37. The first-order valence-corrected chi connectivity index (χ1v) is 6.16. The quantitative estimate of drug-likeness (QED) is 0.681. The number of H-pyrrole nitrogens is 1. The van der Waals surface area contributed by atoms with E-state index < -0.39 is 5.54 Å². The lowest BCUT2D eigenvalue weighted by Crippen LogP contribution is -2.43. The van der Waals surface area contributed by atoms with Crippen molar-refractivity contribution < 1.29 is 5.11 Å². The summed E-state index contributed by atoms with van der Waals surface area (Å²) >= 11 is 1.44. The van der Waals surface area contributed by atoms with E-state index in [4.69, 9.17) is 5.73 Å². The average molecular weight is 250 g/mol. The average Bonchev–Trinajstić information content (AvgIpc) is 2.90. The number of hydrogen-bond acceptors (Lipinski definition) is 5. The predicted molar refractivity (Wildman–Crippen MR) is 66.5 cm³/mol. The summed E-state index contributed by atoms with van der Waals surface area (Å²) in [5, 5.41) is 16.7. The number of benzene rings is 1. The van der Waals surface area contributed by atoms with Gasteiger partial charge in [0.05, 0.1) is 12.1 Å². The highest BCUT2D eigenvalue weighted by Crippen LogP contribution is 2.25. The van der Waals surface area contributed by atoms with Crippen LogP contribution >= 0.6 is 11.8 Å². The number of hydrogen-bond donors (Lipinski definition) is 3. The molecule has 0 bridgehead atoms. The van der Waals surface area contributed by atoms with Crippen LogP contribution in [0.2, 0.25) is 0 Å². The largest absolute Gasteiger partial charge is 0.394 e. The van der Waals surface area contributed by atoms with Crippen molar-refractivity contribution in [1.82, 2.24) is 15.2 Å². The van der Waals surface area contributed by atoms with Gasteiger partial charge in [-0.05, 0) is 5.56 Å². The van der Waals surface area contributed by atoms with Crippen molar-refractivity contribution in [3.8, 4) is 0 Å². The van der Waals surface area contributed by atoms with Crippen molar-refractivity contribution in [3.05, 3.63) is 42.2 Å². The Morgan fingerprint density at radius 2 is 2.12 bits per heavy atom. The Labute approximate surface area is 103 Å². The van der Waals surface area contributed by atoms with Gasteiger partial charge in [0, 0.05) is 5.75 Å². The van der Waals surface area contributed by atoms with Crippen LogP contribution in [0.3, 0.4) is 0 Å². The van der Waals surface area contributed by atoms with Crippen LogP contribution in [0, 0.1) is 0 Å². The van der Waals surface area contributed by atoms with Crippen LogP contribution in [-0.4, -0.2) is 32.6 Å². The van der Waals surface area contributed by atoms with E-state index >= 15 is 0 Å². The molecule has 6 heteroatoms. The second-order valence-corrected chi connectivity index (χ2v) is 4.72. The summed E-state index contributed by atoms with van der Waals surface area (Å²) in [7, 11) is 0. The minimum Gasteiger partial charge on any atom is -0.394 e. The number of aromatic amines is 1. The molecule has 0 fully saturated rings. The summed E-state index contributed by atoms with van der Waals surface area (Å²) in [5.74, 6) is 0.530. The number of rotatable bonds is 5. The van der Waals surface area contributed by atoms with Gasteiger partial charge in [0.15, 0.2) is 5.16 Å². The molecule has 1 unspecified atom stereocenters. The van der Waals surface area contributed by atoms with Gasteiger partial charge in [0.1, 0.15) is 6.33 Å². The molecule has 4 N–H and O–H groups in total. The van der Waals surface area contributed by atoms with Gasteiger partial charge in [0.25, 0.3) is 0 Å². The third-order valence-corrected chi connectivity index (χ3v) is 3.62. The molecule has 0 aliphatic rings. The maximum Gasteiger partial charge on any atom is 0.183 e. The van der Waals surface area contributed by atoms with Crippen molar-refractivity contribution in [3.63, 3.8) is 0 Å². The van der Waals surface area contributed by atoms with E-state index in [-0.39, 0.29) is 6.61 Å². The Morgan fingerprint density at radius 3 is 2.71 bits per heavy atom. The van der Waals surface area contributed by atoms with Crippen molar-refractivity contribution in [2.75, 3.05) is 12.4 Å². The Balaban J connectivity index is 2.09. The minimum atomic E-state index is -0.765. The number of nitrogens with zero attached hydrogens (tertiary/aromatic N) is 2. The molecule has 2 aromatic rings. The van der Waals surface area contributed by atoms with Crippen LogP contribution < -0.4 is 5.73 Å². The highest BCUT2D eigenvalue weighted by molar-refractivity contribution is 7.99. The molecule has 1 heterocycles. The SMILES string of the molecule is NC(CO)(CSc1ncn[nH]1)c1ccccc1. The minimum absolute atomic E-state index is 0.113. The van der Waals surface area contributed by atoms with E-state index in [1.54, 1.807) is 0 Å². The molecule has 2 rings (SSSR count). The zero-order chi connectivity index (χ0) is 12.1. The highest BCUT2D eigenvalue weighted by atomic mass is 32.2. The van der Waals surface area contributed by atoms with Gasteiger partial charge in [-0.3, -0.25) is 5.10 Å². The number of aliphatic hydroxyl groups is 1. The van der Waals surface area contributed by atoms with E-state index in [2.05, 4.69) is 15.2 Å². The molecule has 0 saturated carbocycles. The van der Waals surface area contributed by atoms with Crippen molar-refractivity contribution in [2.24, 2.45) is 5.73 Å². The molecule has 0 saturated heterocycles. The lowest BCUT2D eigenvalue weighted by molar-refractivity contribution is 0.213. The van der Waals surface area contributed by atoms with Gasteiger partial charge in [-0.1, -0.05) is 42.1 Å². The maximum atomic E-state index is 9.48. The molecule has 5 nitrogen and oxygen atoms in total. The monoisotopic (exact) mass is 250 g/mol. The van der Waals surface area contributed by atoms with Gasteiger partial charge < -0.3 is 10.8 Å². The van der Waals surface area contributed by atoms with E-state index in [1.807, 2.05) is 30.3 Å². The van der Waals surface area contributed by atoms with Crippen LogP contribution in [0.5, 0.6) is 0 Å². The summed E-state index contributed by atoms with van der Waals surface area (Å²) in [6, 6.07) is 9.57. The summed E-state index contributed by atoms with van der Waals surface area (Å²) < 4.78 is 0. The Kier molecular flexibility index (Phi) is 3.78. The fraction of sp³-hybridized carbons (Fsp3) is 0.273. The highest BCUT2D eigenvalue weighted by Gasteiger charge is 2.26. The fourth-order valence-corrected chi connectivity index (χ4v) is 2.34. The van der Waals surface area contributed by atoms with Gasteiger partial charge in [0.2, 0.25) is 0 Å². The fourth-order valence-electron chi connectivity index (χ4n) is 1.45. The number of aliphatic hydroxyl groups excluding tert-OH is 1. The Bertz CT molecular complexity index is 448. The van der Waals surface area contributed by atoms with Crippen LogP contribution in [0.15, 0.2) is 41.8 Å². The summed E-state index contributed by atoms with van der Waals surface area (Å²) in [6.07, 6.45) is 1.45. The first-order valence-electron chi connectivity index (χ1n) is 5.18. The molecule has 0 radical (unpaired) electrons. The predicted octanol–water partition coefficient (Wildman–Crippen LogP) is 0.743. The molecular formula is C11H14N4OS. The van der Waals surface area contributed by atoms with Crippen LogP contribution in [0.1, 0.15) is 5.56 Å². The number of nitrogens with two attached hydrogens (primary N) is 1. The first-order chi connectivity index (χ1) is 8.24.